The summed E-state index contributed by atoms with van der Waals surface area (Å²) in [5.74, 6) is 0.828. The first-order valence-corrected chi connectivity index (χ1v) is 7.00. The van der Waals surface area contributed by atoms with Crippen molar-refractivity contribution in [3.63, 3.8) is 0 Å². The normalized spacial score (nSPS) is 10.9. The minimum atomic E-state index is -0.256. The van der Waals surface area contributed by atoms with Crippen LogP contribution in [0.5, 0.6) is 0 Å². The highest BCUT2D eigenvalue weighted by atomic mass is 19.1. The number of benzene rings is 1. The van der Waals surface area contributed by atoms with Gasteiger partial charge in [-0.1, -0.05) is 6.92 Å². The Morgan fingerprint density at radius 3 is 2.85 bits per heavy atom. The summed E-state index contributed by atoms with van der Waals surface area (Å²) in [6.45, 7) is 5.95. The second kappa shape index (κ2) is 7.14. The van der Waals surface area contributed by atoms with Gasteiger partial charge in [0.2, 0.25) is 11.8 Å². The molecule has 1 N–H and O–H groups in total. The van der Waals surface area contributed by atoms with Crippen LogP contribution in [-0.4, -0.2) is 23.3 Å². The topological polar surface area (TPSA) is 51.0 Å². The van der Waals surface area contributed by atoms with Crippen molar-refractivity contribution >= 4 is 0 Å². The molecule has 0 radical (unpaired) electrons. The molecule has 0 atom stereocenters. The largest absolute Gasteiger partial charge is 0.421 e. The van der Waals surface area contributed by atoms with Gasteiger partial charge in [0, 0.05) is 12.0 Å². The molecule has 0 fully saturated rings. The van der Waals surface area contributed by atoms with Crippen molar-refractivity contribution in [3.05, 3.63) is 35.5 Å². The zero-order chi connectivity index (χ0) is 14.4. The van der Waals surface area contributed by atoms with Gasteiger partial charge in [0.1, 0.15) is 5.82 Å². The number of halogens is 1. The number of aromatic nitrogens is 2. The summed E-state index contributed by atoms with van der Waals surface area (Å²) in [5, 5.41) is 11.4. The smallest absolute Gasteiger partial charge is 0.248 e. The predicted molar refractivity (Wildman–Crippen MR) is 75.9 cm³/mol. The number of aryl methyl sites for hydroxylation is 2. The fourth-order valence-electron chi connectivity index (χ4n) is 2.00. The fourth-order valence-corrected chi connectivity index (χ4v) is 2.00. The van der Waals surface area contributed by atoms with Crippen LogP contribution in [0.2, 0.25) is 0 Å². The SMILES string of the molecule is CCCNCCCc1nnc(-c2ccc(F)cc2C)o1. The van der Waals surface area contributed by atoms with Crippen LogP contribution in [0, 0.1) is 12.7 Å². The van der Waals surface area contributed by atoms with E-state index in [9.17, 15) is 4.39 Å². The highest BCUT2D eigenvalue weighted by molar-refractivity contribution is 5.57. The molecule has 0 aliphatic carbocycles. The Balaban J connectivity index is 1.95. The highest BCUT2D eigenvalue weighted by Gasteiger charge is 2.11. The molecule has 0 saturated heterocycles. The van der Waals surface area contributed by atoms with E-state index in [2.05, 4.69) is 22.4 Å². The van der Waals surface area contributed by atoms with E-state index in [0.717, 1.165) is 43.5 Å². The van der Waals surface area contributed by atoms with Crippen molar-refractivity contribution in [2.45, 2.75) is 33.1 Å². The van der Waals surface area contributed by atoms with Crippen molar-refractivity contribution in [3.8, 4) is 11.5 Å². The van der Waals surface area contributed by atoms with Gasteiger partial charge in [0.25, 0.3) is 0 Å². The molecular weight excluding hydrogens is 257 g/mol. The Bertz CT molecular complexity index is 554. The van der Waals surface area contributed by atoms with Gasteiger partial charge in [-0.15, -0.1) is 10.2 Å². The zero-order valence-electron chi connectivity index (χ0n) is 11.9. The van der Waals surface area contributed by atoms with Gasteiger partial charge in [-0.25, -0.2) is 4.39 Å². The van der Waals surface area contributed by atoms with Gasteiger partial charge in [-0.2, -0.15) is 0 Å². The maximum absolute atomic E-state index is 13.1. The summed E-state index contributed by atoms with van der Waals surface area (Å²) >= 11 is 0. The average Bonchev–Trinajstić information content (AvgIpc) is 2.87. The van der Waals surface area contributed by atoms with Crippen LogP contribution in [0.4, 0.5) is 4.39 Å². The van der Waals surface area contributed by atoms with E-state index in [1.807, 2.05) is 6.92 Å². The van der Waals surface area contributed by atoms with Crippen molar-refractivity contribution in [2.24, 2.45) is 0 Å². The molecule has 0 aliphatic rings. The van der Waals surface area contributed by atoms with Crippen LogP contribution in [0.15, 0.2) is 22.6 Å². The van der Waals surface area contributed by atoms with E-state index < -0.39 is 0 Å². The van der Waals surface area contributed by atoms with E-state index in [1.54, 1.807) is 6.07 Å². The molecule has 1 aromatic carbocycles. The first-order valence-electron chi connectivity index (χ1n) is 7.00. The average molecular weight is 277 g/mol. The van der Waals surface area contributed by atoms with Crippen LogP contribution in [-0.2, 0) is 6.42 Å². The Kier molecular flexibility index (Phi) is 5.24. The maximum Gasteiger partial charge on any atom is 0.248 e. The van der Waals surface area contributed by atoms with Crippen LogP contribution < -0.4 is 5.32 Å². The Morgan fingerprint density at radius 1 is 1.25 bits per heavy atom. The van der Waals surface area contributed by atoms with Gasteiger partial charge in [-0.05, 0) is 56.6 Å². The van der Waals surface area contributed by atoms with E-state index in [-0.39, 0.29) is 5.82 Å². The van der Waals surface area contributed by atoms with Crippen molar-refractivity contribution < 1.29 is 8.81 Å². The van der Waals surface area contributed by atoms with Gasteiger partial charge >= 0.3 is 0 Å². The third-order valence-electron chi connectivity index (χ3n) is 3.06. The molecule has 0 unspecified atom stereocenters. The number of hydrogen-bond donors (Lipinski definition) is 1. The predicted octanol–water partition coefficient (Wildman–Crippen LogP) is 3.12. The molecule has 4 nitrogen and oxygen atoms in total. The fraction of sp³-hybridized carbons (Fsp3) is 0.467. The minimum Gasteiger partial charge on any atom is -0.421 e. The minimum absolute atomic E-state index is 0.256. The molecule has 5 heteroatoms. The van der Waals surface area contributed by atoms with E-state index >= 15 is 0 Å². The lowest BCUT2D eigenvalue weighted by atomic mass is 10.1. The number of nitrogens with zero attached hydrogens (tertiary/aromatic N) is 2. The zero-order valence-corrected chi connectivity index (χ0v) is 11.9. The molecule has 20 heavy (non-hydrogen) atoms. The highest BCUT2D eigenvalue weighted by Crippen LogP contribution is 2.22. The molecule has 0 bridgehead atoms. The molecule has 0 spiro atoms. The molecule has 0 aliphatic heterocycles. The molecule has 108 valence electrons. The van der Waals surface area contributed by atoms with Crippen LogP contribution in [0.1, 0.15) is 31.2 Å². The van der Waals surface area contributed by atoms with Gasteiger partial charge < -0.3 is 9.73 Å². The number of nitrogens with one attached hydrogen (secondary N) is 1. The summed E-state index contributed by atoms with van der Waals surface area (Å²) in [6, 6.07) is 4.54. The number of rotatable bonds is 7. The first kappa shape index (κ1) is 14.7. The summed E-state index contributed by atoms with van der Waals surface area (Å²) in [5.41, 5.74) is 1.58. The van der Waals surface area contributed by atoms with Gasteiger partial charge in [-0.3, -0.25) is 0 Å². The third-order valence-corrected chi connectivity index (χ3v) is 3.06. The molecule has 2 aromatic rings. The summed E-state index contributed by atoms with van der Waals surface area (Å²) in [6.07, 6.45) is 2.85. The van der Waals surface area contributed by atoms with E-state index in [1.165, 1.54) is 12.1 Å². The molecule has 0 saturated carbocycles. The molecule has 1 aromatic heterocycles. The van der Waals surface area contributed by atoms with Crippen molar-refractivity contribution in [2.75, 3.05) is 13.1 Å². The first-order chi connectivity index (χ1) is 9.70. The second-order valence-corrected chi connectivity index (χ2v) is 4.81. The standard InChI is InChI=1S/C15H20FN3O/c1-3-8-17-9-4-5-14-18-19-15(20-14)13-7-6-12(16)10-11(13)2/h6-7,10,17H,3-5,8-9H2,1-2H3. The summed E-state index contributed by atoms with van der Waals surface area (Å²) < 4.78 is 18.7. The van der Waals surface area contributed by atoms with Gasteiger partial charge in [0.15, 0.2) is 0 Å². The van der Waals surface area contributed by atoms with Crippen LogP contribution in [0.3, 0.4) is 0 Å². The Hall–Kier alpha value is -1.75. The number of hydrogen-bond acceptors (Lipinski definition) is 4. The lowest BCUT2D eigenvalue weighted by Gasteiger charge is -2.01. The van der Waals surface area contributed by atoms with Crippen molar-refractivity contribution in [1.82, 2.24) is 15.5 Å². The van der Waals surface area contributed by atoms with Crippen LogP contribution >= 0.6 is 0 Å². The summed E-state index contributed by atoms with van der Waals surface area (Å²) in [4.78, 5) is 0. The molecular formula is C15H20FN3O. The maximum atomic E-state index is 13.1. The monoisotopic (exact) mass is 277 g/mol. The van der Waals surface area contributed by atoms with Gasteiger partial charge in [0.05, 0.1) is 0 Å². The lowest BCUT2D eigenvalue weighted by molar-refractivity contribution is 0.491. The Morgan fingerprint density at radius 2 is 2.10 bits per heavy atom. The second-order valence-electron chi connectivity index (χ2n) is 4.81. The van der Waals surface area contributed by atoms with Crippen molar-refractivity contribution in [1.29, 1.82) is 0 Å². The summed E-state index contributed by atoms with van der Waals surface area (Å²) in [7, 11) is 0. The third kappa shape index (κ3) is 3.87. The van der Waals surface area contributed by atoms with E-state index in [4.69, 9.17) is 4.42 Å². The Labute approximate surface area is 118 Å². The molecule has 0 amide bonds. The molecule has 1 heterocycles. The lowest BCUT2D eigenvalue weighted by Crippen LogP contribution is -2.16. The molecule has 2 rings (SSSR count). The van der Waals surface area contributed by atoms with Crippen LogP contribution in [0.25, 0.3) is 11.5 Å². The quantitative estimate of drug-likeness (QED) is 0.790. The van der Waals surface area contributed by atoms with E-state index in [0.29, 0.717) is 11.8 Å².